The average molecular weight is 717 g/mol. The molecule has 0 spiro atoms. The van der Waals surface area contributed by atoms with E-state index < -0.39 is 129 Å². The standard InChI is InChI=1S/C29H48O20/c1-9-5-41-15(4-11(9)30)45-14-8-44-29(24(19(14)34)49-28-20(35)16(31)10(2)23(48-28)25(38)39)47-13-7-43-27(22(37)18(13)33)46-12-6-42-26(40-3)21(36)17(12)32/h9-24,26-37H,4-8H2,1-3H3,(H,38,39)/t9-,10+,11-,12-,13-,14-,15+,16+,17?,18-,19?,20?,21?,22?,23?,24?,26-,27+,28-,29+/m1/s1. The summed E-state index contributed by atoms with van der Waals surface area (Å²) in [5.41, 5.74) is 0. The first kappa shape index (κ1) is 39.0. The lowest BCUT2D eigenvalue weighted by molar-refractivity contribution is -0.377. The summed E-state index contributed by atoms with van der Waals surface area (Å²) >= 11 is 0. The fourth-order valence-corrected chi connectivity index (χ4v) is 6.29. The molecule has 20 atom stereocenters. The number of hydrogen-bond acceptors (Lipinski definition) is 19. The van der Waals surface area contributed by atoms with Gasteiger partial charge in [0.25, 0.3) is 0 Å². The summed E-state index contributed by atoms with van der Waals surface area (Å²) in [6.45, 7) is 2.36. The third kappa shape index (κ3) is 8.53. The third-order valence-electron chi connectivity index (χ3n) is 9.55. The second kappa shape index (κ2) is 16.6. The highest BCUT2D eigenvalue weighted by Crippen LogP contribution is 2.34. The number of aliphatic hydroxyl groups excluding tert-OH is 8. The predicted octanol–water partition coefficient (Wildman–Crippen LogP) is -5.04. The van der Waals surface area contributed by atoms with Crippen LogP contribution < -0.4 is 0 Å². The molecule has 0 aromatic rings. The molecule has 5 saturated heterocycles. The second-order valence-corrected chi connectivity index (χ2v) is 13.1. The van der Waals surface area contributed by atoms with Gasteiger partial charge in [0.05, 0.1) is 38.6 Å². The fourth-order valence-electron chi connectivity index (χ4n) is 6.29. The van der Waals surface area contributed by atoms with Gasteiger partial charge in [0.1, 0.15) is 61.0 Å². The molecule has 49 heavy (non-hydrogen) atoms. The smallest absolute Gasteiger partial charge is 0.333 e. The van der Waals surface area contributed by atoms with Gasteiger partial charge in [0.2, 0.25) is 0 Å². The Bertz CT molecular complexity index is 1070. The van der Waals surface area contributed by atoms with E-state index >= 15 is 0 Å². The molecule has 284 valence electrons. The van der Waals surface area contributed by atoms with Gasteiger partial charge in [-0.15, -0.1) is 0 Å². The number of rotatable bonds is 10. The Morgan fingerprint density at radius 2 is 1.12 bits per heavy atom. The minimum atomic E-state index is -1.80. The van der Waals surface area contributed by atoms with Crippen LogP contribution in [-0.4, -0.2) is 196 Å². The van der Waals surface area contributed by atoms with E-state index in [1.54, 1.807) is 6.92 Å². The molecule has 0 aromatic heterocycles. The molecule has 0 aromatic carbocycles. The van der Waals surface area contributed by atoms with E-state index in [0.717, 1.165) is 0 Å². The first-order valence-corrected chi connectivity index (χ1v) is 16.2. The van der Waals surface area contributed by atoms with Crippen molar-refractivity contribution < 1.29 is 98.1 Å². The average Bonchev–Trinajstić information content (AvgIpc) is 3.07. The van der Waals surface area contributed by atoms with E-state index in [4.69, 9.17) is 47.4 Å². The van der Waals surface area contributed by atoms with Crippen LogP contribution in [0.5, 0.6) is 0 Å². The van der Waals surface area contributed by atoms with Crippen LogP contribution >= 0.6 is 0 Å². The Morgan fingerprint density at radius 3 is 1.71 bits per heavy atom. The maximum atomic E-state index is 11.8. The molecule has 0 bridgehead atoms. The van der Waals surface area contributed by atoms with E-state index in [1.807, 2.05) is 0 Å². The number of carboxylic acids is 1. The summed E-state index contributed by atoms with van der Waals surface area (Å²) in [5.74, 6) is -2.61. The van der Waals surface area contributed by atoms with Gasteiger partial charge in [0.15, 0.2) is 37.6 Å². The van der Waals surface area contributed by atoms with E-state index in [9.17, 15) is 50.8 Å². The number of hydrogen-bond donors (Lipinski definition) is 9. The van der Waals surface area contributed by atoms with Crippen LogP contribution in [0.3, 0.4) is 0 Å². The summed E-state index contributed by atoms with van der Waals surface area (Å²) in [7, 11) is 1.28. The molecule has 5 rings (SSSR count). The van der Waals surface area contributed by atoms with Crippen molar-refractivity contribution in [3.63, 3.8) is 0 Å². The maximum absolute atomic E-state index is 11.8. The van der Waals surface area contributed by atoms with E-state index in [-0.39, 0.29) is 32.2 Å². The maximum Gasteiger partial charge on any atom is 0.333 e. The first-order valence-electron chi connectivity index (χ1n) is 16.2. The second-order valence-electron chi connectivity index (χ2n) is 13.1. The van der Waals surface area contributed by atoms with Crippen LogP contribution in [-0.2, 0) is 52.2 Å². The molecule has 5 aliphatic rings. The summed E-state index contributed by atoms with van der Waals surface area (Å²) < 4.78 is 55.9. The van der Waals surface area contributed by atoms with Gasteiger partial charge in [-0.1, -0.05) is 13.8 Å². The normalized spacial score (nSPS) is 51.3. The first-order chi connectivity index (χ1) is 23.2. The number of aliphatic carboxylic acids is 1. The van der Waals surface area contributed by atoms with Crippen molar-refractivity contribution in [1.29, 1.82) is 0 Å². The number of ether oxygens (including phenoxy) is 10. The van der Waals surface area contributed by atoms with Crippen molar-refractivity contribution in [2.24, 2.45) is 11.8 Å². The van der Waals surface area contributed by atoms with E-state index in [1.165, 1.54) is 14.0 Å². The summed E-state index contributed by atoms with van der Waals surface area (Å²) in [5, 5.41) is 95.0. The molecular formula is C29H48O20. The Hall–Kier alpha value is -1.25. The molecule has 20 heteroatoms. The minimum Gasteiger partial charge on any atom is -0.479 e. The Labute approximate surface area is 280 Å². The summed E-state index contributed by atoms with van der Waals surface area (Å²) in [4.78, 5) is 11.8. The Kier molecular flexibility index (Phi) is 13.2. The van der Waals surface area contributed by atoms with Gasteiger partial charge in [-0.05, 0) is 0 Å². The lowest BCUT2D eigenvalue weighted by Gasteiger charge is -2.47. The van der Waals surface area contributed by atoms with Crippen LogP contribution in [0.2, 0.25) is 0 Å². The molecule has 5 fully saturated rings. The minimum absolute atomic E-state index is 0.0906. The zero-order valence-electron chi connectivity index (χ0n) is 27.1. The molecule has 20 nitrogen and oxygen atoms in total. The Morgan fingerprint density at radius 1 is 0.592 bits per heavy atom. The van der Waals surface area contributed by atoms with E-state index in [2.05, 4.69) is 0 Å². The molecule has 7 unspecified atom stereocenters. The molecule has 0 radical (unpaired) electrons. The predicted molar refractivity (Wildman–Crippen MR) is 153 cm³/mol. The van der Waals surface area contributed by atoms with Crippen LogP contribution in [0.1, 0.15) is 20.3 Å². The molecule has 9 N–H and O–H groups in total. The highest BCUT2D eigenvalue weighted by molar-refractivity contribution is 5.73. The largest absolute Gasteiger partial charge is 0.479 e. The zero-order chi connectivity index (χ0) is 35.7. The molecule has 5 heterocycles. The topological polar surface area (TPSA) is 291 Å². The highest BCUT2D eigenvalue weighted by atomic mass is 16.8. The van der Waals surface area contributed by atoms with Gasteiger partial charge in [-0.25, -0.2) is 4.79 Å². The number of methoxy groups -OCH3 is 1. The van der Waals surface area contributed by atoms with Crippen molar-refractivity contribution in [3.8, 4) is 0 Å². The SMILES string of the molecule is CO[C@@H]1OC[C@@H](O[C@@H]2OC[C@@H](O[C@@H]3OC[C@@H](O[C@H]4C[C@@H](O)[C@H](C)CO4)C(O)C3O[C@H]3OC(C(=O)O)[C@@H](C)[C@H](O)C3O)[C@@H](O)C2O)C(O)C1O. The van der Waals surface area contributed by atoms with Crippen molar-refractivity contribution >= 4 is 5.97 Å². The van der Waals surface area contributed by atoms with Gasteiger partial charge >= 0.3 is 5.97 Å². The third-order valence-corrected chi connectivity index (χ3v) is 9.55. The van der Waals surface area contributed by atoms with Crippen LogP contribution in [0.4, 0.5) is 0 Å². The van der Waals surface area contributed by atoms with Crippen molar-refractivity contribution in [2.45, 2.75) is 131 Å². The zero-order valence-corrected chi connectivity index (χ0v) is 27.1. The van der Waals surface area contributed by atoms with Crippen molar-refractivity contribution in [1.82, 2.24) is 0 Å². The molecule has 0 aliphatic carbocycles. The highest BCUT2D eigenvalue weighted by Gasteiger charge is 2.53. The van der Waals surface area contributed by atoms with Gasteiger partial charge < -0.3 is 93.3 Å². The fraction of sp³-hybridized carbons (Fsp3) is 0.966. The lowest BCUT2D eigenvalue weighted by atomic mass is 9.90. The van der Waals surface area contributed by atoms with Gasteiger partial charge in [0, 0.05) is 25.4 Å². The van der Waals surface area contributed by atoms with Crippen molar-refractivity contribution in [2.75, 3.05) is 33.5 Å². The van der Waals surface area contributed by atoms with Crippen molar-refractivity contribution in [3.05, 3.63) is 0 Å². The Balaban J connectivity index is 1.27. The van der Waals surface area contributed by atoms with Gasteiger partial charge in [-0.2, -0.15) is 0 Å². The number of aliphatic hydroxyl groups is 8. The van der Waals surface area contributed by atoms with Gasteiger partial charge in [-0.3, -0.25) is 0 Å². The van der Waals surface area contributed by atoms with Crippen LogP contribution in [0.15, 0.2) is 0 Å². The van der Waals surface area contributed by atoms with Crippen LogP contribution in [0, 0.1) is 11.8 Å². The number of carboxylic acid groups (broad SMARTS) is 1. The number of carbonyl (C=O) groups is 1. The molecule has 5 aliphatic heterocycles. The summed E-state index contributed by atoms with van der Waals surface area (Å²) in [6, 6.07) is 0. The van der Waals surface area contributed by atoms with Crippen LogP contribution in [0.25, 0.3) is 0 Å². The quantitative estimate of drug-likeness (QED) is 0.102. The lowest BCUT2D eigenvalue weighted by Crippen LogP contribution is -2.64. The molecular weight excluding hydrogens is 668 g/mol. The molecule has 0 saturated carbocycles. The monoisotopic (exact) mass is 716 g/mol. The molecule has 0 amide bonds. The summed E-state index contributed by atoms with van der Waals surface area (Å²) in [6.07, 6.45) is -25.9. The van der Waals surface area contributed by atoms with E-state index in [0.29, 0.717) is 0 Å².